The highest BCUT2D eigenvalue weighted by molar-refractivity contribution is 7.80. The first-order chi connectivity index (χ1) is 8.56. The molecule has 0 radical (unpaired) electrons. The van der Waals surface area contributed by atoms with Gasteiger partial charge in [0.15, 0.2) is 0 Å². The summed E-state index contributed by atoms with van der Waals surface area (Å²) in [6, 6.07) is 7.90. The maximum Gasteiger partial charge on any atom is 0.221 e. The third kappa shape index (κ3) is 3.05. The second kappa shape index (κ2) is 5.46. The predicted molar refractivity (Wildman–Crippen MR) is 74.9 cm³/mol. The van der Waals surface area contributed by atoms with Gasteiger partial charge in [0.2, 0.25) is 5.91 Å². The second-order valence-electron chi connectivity index (χ2n) is 4.69. The van der Waals surface area contributed by atoms with E-state index in [2.05, 4.69) is 4.90 Å². The van der Waals surface area contributed by atoms with Gasteiger partial charge in [0.1, 0.15) is 4.99 Å². The van der Waals surface area contributed by atoms with E-state index in [1.807, 2.05) is 24.3 Å². The topological polar surface area (TPSA) is 72.4 Å². The average Bonchev–Trinajstić information content (AvgIpc) is 2.78. The molecule has 1 unspecified atom stereocenters. The number of likely N-dealkylation sites (tertiary alicyclic amines) is 1. The van der Waals surface area contributed by atoms with Crippen molar-refractivity contribution in [1.29, 1.82) is 0 Å². The van der Waals surface area contributed by atoms with E-state index in [0.29, 0.717) is 4.99 Å². The average molecular weight is 263 g/mol. The molecule has 4 N–H and O–H groups in total. The molecule has 1 heterocycles. The van der Waals surface area contributed by atoms with Gasteiger partial charge in [-0.05, 0) is 24.6 Å². The number of amides is 1. The van der Waals surface area contributed by atoms with Crippen LogP contribution in [0.2, 0.25) is 0 Å². The lowest BCUT2D eigenvalue weighted by Crippen LogP contribution is -2.27. The molecule has 0 bridgehead atoms. The SMILES string of the molecule is NC(=O)C1CCN(Cc2cccc(C(N)=S)c2)C1. The monoisotopic (exact) mass is 263 g/mol. The summed E-state index contributed by atoms with van der Waals surface area (Å²) in [5.74, 6) is -0.210. The number of primary amides is 1. The van der Waals surface area contributed by atoms with Crippen LogP contribution in [-0.4, -0.2) is 28.9 Å². The zero-order chi connectivity index (χ0) is 13.1. The Morgan fingerprint density at radius 2 is 2.22 bits per heavy atom. The summed E-state index contributed by atoms with van der Waals surface area (Å²) in [5, 5.41) is 0. The van der Waals surface area contributed by atoms with Crippen LogP contribution in [0.25, 0.3) is 0 Å². The molecule has 4 nitrogen and oxygen atoms in total. The van der Waals surface area contributed by atoms with E-state index >= 15 is 0 Å². The van der Waals surface area contributed by atoms with Crippen molar-refractivity contribution >= 4 is 23.1 Å². The van der Waals surface area contributed by atoms with Gasteiger partial charge in [0.25, 0.3) is 0 Å². The molecule has 18 heavy (non-hydrogen) atoms. The van der Waals surface area contributed by atoms with E-state index in [0.717, 1.165) is 37.2 Å². The molecule has 5 heteroatoms. The van der Waals surface area contributed by atoms with Crippen molar-refractivity contribution in [2.45, 2.75) is 13.0 Å². The van der Waals surface area contributed by atoms with Crippen LogP contribution in [0.4, 0.5) is 0 Å². The van der Waals surface area contributed by atoms with Crippen LogP contribution in [0.5, 0.6) is 0 Å². The Hall–Kier alpha value is -1.46. The first-order valence-corrected chi connectivity index (χ1v) is 6.37. The number of rotatable bonds is 4. The van der Waals surface area contributed by atoms with Crippen LogP contribution in [-0.2, 0) is 11.3 Å². The number of thiocarbonyl (C=S) groups is 1. The Morgan fingerprint density at radius 1 is 1.44 bits per heavy atom. The number of nitrogens with zero attached hydrogens (tertiary/aromatic N) is 1. The minimum Gasteiger partial charge on any atom is -0.389 e. The Bertz CT molecular complexity index is 475. The molecule has 1 aliphatic rings. The van der Waals surface area contributed by atoms with Crippen LogP contribution in [0.3, 0.4) is 0 Å². The quantitative estimate of drug-likeness (QED) is 0.782. The third-order valence-electron chi connectivity index (χ3n) is 3.29. The molecule has 0 spiro atoms. The standard InChI is InChI=1S/C13H17N3OS/c14-12(17)11-4-5-16(8-11)7-9-2-1-3-10(6-9)13(15)18/h1-3,6,11H,4-5,7-8H2,(H2,14,17)(H2,15,18). The van der Waals surface area contributed by atoms with Crippen molar-refractivity contribution in [1.82, 2.24) is 4.90 Å². The highest BCUT2D eigenvalue weighted by atomic mass is 32.1. The minimum absolute atomic E-state index is 0.0104. The van der Waals surface area contributed by atoms with E-state index in [9.17, 15) is 4.79 Å². The van der Waals surface area contributed by atoms with E-state index < -0.39 is 0 Å². The molecule has 1 amide bonds. The largest absolute Gasteiger partial charge is 0.389 e. The Labute approximate surface area is 112 Å². The maximum atomic E-state index is 11.1. The molecular formula is C13H17N3OS. The van der Waals surface area contributed by atoms with Crippen LogP contribution >= 0.6 is 12.2 Å². The molecule has 0 aliphatic carbocycles. The van der Waals surface area contributed by atoms with E-state index in [1.165, 1.54) is 0 Å². The van der Waals surface area contributed by atoms with Crippen molar-refractivity contribution in [2.24, 2.45) is 17.4 Å². The van der Waals surface area contributed by atoms with Crippen molar-refractivity contribution in [3.05, 3.63) is 35.4 Å². The molecule has 1 aromatic rings. The fourth-order valence-corrected chi connectivity index (χ4v) is 2.42. The van der Waals surface area contributed by atoms with E-state index in [-0.39, 0.29) is 11.8 Å². The molecular weight excluding hydrogens is 246 g/mol. The number of hydrogen-bond donors (Lipinski definition) is 2. The van der Waals surface area contributed by atoms with Crippen LogP contribution in [0.1, 0.15) is 17.5 Å². The summed E-state index contributed by atoms with van der Waals surface area (Å²) in [7, 11) is 0. The first-order valence-electron chi connectivity index (χ1n) is 5.96. The normalized spacial score (nSPS) is 19.9. The number of carbonyl (C=O) groups excluding carboxylic acids is 1. The van der Waals surface area contributed by atoms with Gasteiger partial charge in [-0.1, -0.05) is 30.4 Å². The van der Waals surface area contributed by atoms with Crippen molar-refractivity contribution < 1.29 is 4.79 Å². The van der Waals surface area contributed by atoms with Gasteiger partial charge in [0, 0.05) is 18.7 Å². The fourth-order valence-electron chi connectivity index (χ4n) is 2.29. The number of hydrogen-bond acceptors (Lipinski definition) is 3. The summed E-state index contributed by atoms with van der Waals surface area (Å²) in [4.78, 5) is 13.7. The Kier molecular flexibility index (Phi) is 3.93. The van der Waals surface area contributed by atoms with E-state index in [1.54, 1.807) is 0 Å². The van der Waals surface area contributed by atoms with Gasteiger partial charge < -0.3 is 11.5 Å². The van der Waals surface area contributed by atoms with Gasteiger partial charge in [-0.3, -0.25) is 9.69 Å². The van der Waals surface area contributed by atoms with Crippen molar-refractivity contribution in [3.8, 4) is 0 Å². The summed E-state index contributed by atoms with van der Waals surface area (Å²) in [6.07, 6.45) is 0.852. The lowest BCUT2D eigenvalue weighted by atomic mass is 10.1. The molecule has 0 aromatic heterocycles. The van der Waals surface area contributed by atoms with Crippen LogP contribution in [0, 0.1) is 5.92 Å². The molecule has 1 atom stereocenters. The number of nitrogens with two attached hydrogens (primary N) is 2. The predicted octanol–water partition coefficient (Wildman–Crippen LogP) is 0.628. The van der Waals surface area contributed by atoms with Gasteiger partial charge in [-0.25, -0.2) is 0 Å². The highest BCUT2D eigenvalue weighted by Crippen LogP contribution is 2.18. The smallest absolute Gasteiger partial charge is 0.221 e. The van der Waals surface area contributed by atoms with Gasteiger partial charge >= 0.3 is 0 Å². The molecule has 2 rings (SSSR count). The zero-order valence-corrected chi connectivity index (χ0v) is 11.0. The first kappa shape index (κ1) is 13.0. The number of benzene rings is 1. The molecule has 1 aromatic carbocycles. The van der Waals surface area contributed by atoms with Gasteiger partial charge in [-0.15, -0.1) is 0 Å². The molecule has 1 aliphatic heterocycles. The fraction of sp³-hybridized carbons (Fsp3) is 0.385. The summed E-state index contributed by atoms with van der Waals surface area (Å²) in [6.45, 7) is 2.46. The second-order valence-corrected chi connectivity index (χ2v) is 5.13. The molecule has 1 fully saturated rings. The van der Waals surface area contributed by atoms with Gasteiger partial charge in [-0.2, -0.15) is 0 Å². The van der Waals surface area contributed by atoms with Crippen LogP contribution in [0.15, 0.2) is 24.3 Å². The third-order valence-corrected chi connectivity index (χ3v) is 3.53. The van der Waals surface area contributed by atoms with Crippen LogP contribution < -0.4 is 11.5 Å². The molecule has 96 valence electrons. The lowest BCUT2D eigenvalue weighted by Gasteiger charge is -2.15. The molecule has 1 saturated heterocycles. The zero-order valence-electron chi connectivity index (χ0n) is 10.1. The summed E-state index contributed by atoms with van der Waals surface area (Å²) >= 11 is 4.96. The minimum atomic E-state index is -0.200. The summed E-state index contributed by atoms with van der Waals surface area (Å²) < 4.78 is 0. The Balaban J connectivity index is 2.00. The summed E-state index contributed by atoms with van der Waals surface area (Å²) in [5.41, 5.74) is 13.0. The maximum absolute atomic E-state index is 11.1. The number of carbonyl (C=O) groups is 1. The van der Waals surface area contributed by atoms with Gasteiger partial charge in [0.05, 0.1) is 5.92 Å². The Morgan fingerprint density at radius 3 is 2.83 bits per heavy atom. The lowest BCUT2D eigenvalue weighted by molar-refractivity contribution is -0.121. The van der Waals surface area contributed by atoms with Crippen molar-refractivity contribution in [2.75, 3.05) is 13.1 Å². The highest BCUT2D eigenvalue weighted by Gasteiger charge is 2.26. The molecule has 0 saturated carbocycles. The van der Waals surface area contributed by atoms with Crippen molar-refractivity contribution in [3.63, 3.8) is 0 Å². The van der Waals surface area contributed by atoms with E-state index in [4.69, 9.17) is 23.7 Å².